The second-order valence-corrected chi connectivity index (χ2v) is 12.6. The number of nitrogens with zero attached hydrogens (tertiary/aromatic N) is 5. The number of hydrogen-bond donors (Lipinski definition) is 0. The van der Waals surface area contributed by atoms with Gasteiger partial charge in [-0.1, -0.05) is 6.07 Å². The van der Waals surface area contributed by atoms with E-state index in [4.69, 9.17) is 4.42 Å². The second-order valence-electron chi connectivity index (χ2n) is 11.3. The molecule has 0 atom stereocenters. The summed E-state index contributed by atoms with van der Waals surface area (Å²) in [6.07, 6.45) is 1.79. The van der Waals surface area contributed by atoms with Crippen LogP contribution < -0.4 is 15.4 Å². The number of pyridine rings is 1. The molecule has 0 radical (unpaired) electrons. The summed E-state index contributed by atoms with van der Waals surface area (Å²) in [5.41, 5.74) is 2.85. The highest BCUT2D eigenvalue weighted by Gasteiger charge is 2.45. The van der Waals surface area contributed by atoms with Crippen molar-refractivity contribution in [3.8, 4) is 0 Å². The van der Waals surface area contributed by atoms with Crippen LogP contribution in [-0.2, 0) is 29.2 Å². The predicted octanol–water partition coefficient (Wildman–Crippen LogP) is 5.03. The molecule has 0 spiro atoms. The van der Waals surface area contributed by atoms with E-state index in [-0.39, 0.29) is 17.4 Å². The first-order valence-electron chi connectivity index (χ1n) is 13.9. The quantitative estimate of drug-likeness (QED) is 0.274. The Morgan fingerprint density at radius 1 is 1.00 bits per heavy atom. The third-order valence-corrected chi connectivity index (χ3v) is 8.90. The molecule has 0 fully saturated rings. The van der Waals surface area contributed by atoms with Crippen LogP contribution in [0.1, 0.15) is 47.7 Å². The molecule has 1 aliphatic heterocycles. The van der Waals surface area contributed by atoms with Crippen molar-refractivity contribution in [2.75, 3.05) is 29.9 Å². The maximum Gasteiger partial charge on any atom is 0.261 e. The average molecular weight is 576 g/mol. The highest BCUT2D eigenvalue weighted by molar-refractivity contribution is 7.11. The number of carbonyl (C=O) groups excluding carboxylic acids is 2. The van der Waals surface area contributed by atoms with Crippen LogP contribution in [0.5, 0.6) is 0 Å². The monoisotopic (exact) mass is 575 g/mol. The minimum atomic E-state index is -1.15. The summed E-state index contributed by atoms with van der Waals surface area (Å²) in [4.78, 5) is 51.1. The molecule has 10 heteroatoms. The van der Waals surface area contributed by atoms with Crippen LogP contribution in [0.2, 0.25) is 0 Å². The van der Waals surface area contributed by atoms with Crippen molar-refractivity contribution < 1.29 is 14.0 Å². The molecule has 0 saturated heterocycles. The summed E-state index contributed by atoms with van der Waals surface area (Å²) < 4.78 is 7.35. The van der Waals surface area contributed by atoms with E-state index in [0.717, 1.165) is 27.6 Å². The van der Waals surface area contributed by atoms with E-state index in [0.29, 0.717) is 49.5 Å². The number of thiazole rings is 1. The molecule has 3 aromatic heterocycles. The van der Waals surface area contributed by atoms with E-state index in [1.165, 1.54) is 4.88 Å². The number of aromatic nitrogens is 2. The van der Waals surface area contributed by atoms with Gasteiger partial charge in [-0.05, 0) is 71.4 Å². The third kappa shape index (κ3) is 5.34. The molecule has 216 valence electrons. The molecule has 1 aromatic carbocycles. The van der Waals surface area contributed by atoms with Crippen LogP contribution in [0.15, 0.2) is 45.7 Å². The Balaban J connectivity index is 1.46. The van der Waals surface area contributed by atoms with E-state index in [1.54, 1.807) is 58.9 Å². The predicted molar refractivity (Wildman–Crippen MR) is 163 cm³/mol. The van der Waals surface area contributed by atoms with Gasteiger partial charge in [0.05, 0.1) is 27.5 Å². The number of furan rings is 1. The highest BCUT2D eigenvalue weighted by atomic mass is 32.1. The lowest BCUT2D eigenvalue weighted by molar-refractivity contribution is -0.137. The zero-order chi connectivity index (χ0) is 29.6. The van der Waals surface area contributed by atoms with Crippen LogP contribution in [0.4, 0.5) is 11.4 Å². The molecule has 0 aliphatic carbocycles. The van der Waals surface area contributed by atoms with Gasteiger partial charge in [0.2, 0.25) is 11.8 Å². The third-order valence-electron chi connectivity index (χ3n) is 7.84. The smallest absolute Gasteiger partial charge is 0.261 e. The lowest BCUT2D eigenvalue weighted by Gasteiger charge is -2.27. The van der Waals surface area contributed by atoms with Crippen LogP contribution in [0.25, 0.3) is 11.0 Å². The minimum absolute atomic E-state index is 0.0683. The van der Waals surface area contributed by atoms with Gasteiger partial charge in [0.1, 0.15) is 16.8 Å². The zero-order valence-corrected chi connectivity index (χ0v) is 25.6. The number of aryl methyl sites for hydroxylation is 3. The van der Waals surface area contributed by atoms with Crippen molar-refractivity contribution in [1.29, 1.82) is 0 Å². The standard InChI is InChI=1S/C31H37N5O4S/c1-8-36-24-10-9-22(16-25(24)33(7)29(38)31(5,6)30(36)39)17-34(18-27-20(3)32-21(4)41-27)13-14-35-12-11-26-23(28(35)37)15-19(2)40-26/h9-12,15-16H,8,13-14,17-18H2,1-7H3. The number of hydrogen-bond acceptors (Lipinski definition) is 7. The van der Waals surface area contributed by atoms with E-state index in [2.05, 4.69) is 9.88 Å². The van der Waals surface area contributed by atoms with Gasteiger partial charge in [-0.2, -0.15) is 0 Å². The van der Waals surface area contributed by atoms with Gasteiger partial charge in [-0.25, -0.2) is 4.98 Å². The Morgan fingerprint density at radius 3 is 2.44 bits per heavy atom. The Kier molecular flexibility index (Phi) is 7.65. The van der Waals surface area contributed by atoms with Crippen molar-refractivity contribution in [2.24, 2.45) is 5.41 Å². The topological polar surface area (TPSA) is 91.9 Å². The summed E-state index contributed by atoms with van der Waals surface area (Å²) in [7, 11) is 1.74. The number of benzene rings is 1. The molecular weight excluding hydrogens is 538 g/mol. The maximum atomic E-state index is 13.3. The van der Waals surface area contributed by atoms with Gasteiger partial charge in [0, 0.05) is 50.8 Å². The normalized spacial score (nSPS) is 15.2. The Hall–Kier alpha value is -3.76. The van der Waals surface area contributed by atoms with E-state index in [1.807, 2.05) is 52.0 Å². The van der Waals surface area contributed by atoms with Crippen LogP contribution in [0, 0.1) is 26.2 Å². The fourth-order valence-corrected chi connectivity index (χ4v) is 6.55. The lowest BCUT2D eigenvalue weighted by Crippen LogP contribution is -2.47. The second kappa shape index (κ2) is 10.9. The summed E-state index contributed by atoms with van der Waals surface area (Å²) in [5, 5.41) is 1.61. The number of anilines is 2. The first kappa shape index (κ1) is 28.8. The van der Waals surface area contributed by atoms with Crippen LogP contribution in [-0.4, -0.2) is 46.4 Å². The fraction of sp³-hybridized carbons (Fsp3) is 0.419. The highest BCUT2D eigenvalue weighted by Crippen LogP contribution is 2.39. The molecule has 1 aliphatic rings. The van der Waals surface area contributed by atoms with Gasteiger partial charge in [0.15, 0.2) is 0 Å². The molecule has 9 nitrogen and oxygen atoms in total. The van der Waals surface area contributed by atoms with Crippen molar-refractivity contribution in [2.45, 2.75) is 61.2 Å². The minimum Gasteiger partial charge on any atom is -0.461 e. The molecular formula is C31H37N5O4S. The average Bonchev–Trinajstić information content (AvgIpc) is 3.46. The Labute approximate surface area is 244 Å². The van der Waals surface area contributed by atoms with Crippen molar-refractivity contribution in [3.05, 3.63) is 73.8 Å². The van der Waals surface area contributed by atoms with Gasteiger partial charge in [-0.15, -0.1) is 11.3 Å². The van der Waals surface area contributed by atoms with Crippen molar-refractivity contribution in [3.63, 3.8) is 0 Å². The van der Waals surface area contributed by atoms with Gasteiger partial charge < -0.3 is 18.8 Å². The van der Waals surface area contributed by atoms with Crippen molar-refractivity contribution in [1.82, 2.24) is 14.5 Å². The molecule has 0 bridgehead atoms. The summed E-state index contributed by atoms with van der Waals surface area (Å²) in [6, 6.07) is 9.60. The van der Waals surface area contributed by atoms with Gasteiger partial charge in [0.25, 0.3) is 5.56 Å². The van der Waals surface area contributed by atoms with Crippen LogP contribution >= 0.6 is 11.3 Å². The SMILES string of the molecule is CCN1C(=O)C(C)(C)C(=O)N(C)c2cc(CN(CCn3ccc4oc(C)cc4c3=O)Cc3sc(C)nc3C)ccc21. The lowest BCUT2D eigenvalue weighted by atomic mass is 9.90. The van der Waals surface area contributed by atoms with E-state index in [9.17, 15) is 14.4 Å². The van der Waals surface area contributed by atoms with E-state index < -0.39 is 5.41 Å². The number of carbonyl (C=O) groups is 2. The fourth-order valence-electron chi connectivity index (χ4n) is 5.57. The number of rotatable bonds is 8. The molecule has 0 unspecified atom stereocenters. The molecule has 2 amide bonds. The molecule has 0 saturated carbocycles. The summed E-state index contributed by atoms with van der Waals surface area (Å²) in [5.74, 6) is 0.288. The number of fused-ring (bicyclic) bond motifs is 2. The Morgan fingerprint density at radius 2 is 1.76 bits per heavy atom. The first-order valence-corrected chi connectivity index (χ1v) is 14.7. The molecule has 5 rings (SSSR count). The largest absolute Gasteiger partial charge is 0.461 e. The summed E-state index contributed by atoms with van der Waals surface area (Å²) >= 11 is 1.68. The van der Waals surface area contributed by atoms with Crippen LogP contribution in [0.3, 0.4) is 0 Å². The molecule has 4 aromatic rings. The van der Waals surface area contributed by atoms with Gasteiger partial charge in [-0.3, -0.25) is 19.3 Å². The zero-order valence-electron chi connectivity index (χ0n) is 24.8. The Bertz CT molecular complexity index is 1700. The first-order chi connectivity index (χ1) is 19.4. The van der Waals surface area contributed by atoms with Gasteiger partial charge >= 0.3 is 0 Å². The number of amides is 2. The van der Waals surface area contributed by atoms with Crippen molar-refractivity contribution >= 4 is 45.5 Å². The molecule has 41 heavy (non-hydrogen) atoms. The molecule has 0 N–H and O–H groups in total. The van der Waals surface area contributed by atoms with E-state index >= 15 is 0 Å². The summed E-state index contributed by atoms with van der Waals surface area (Å²) in [6.45, 7) is 14.0. The maximum absolute atomic E-state index is 13.3. The molecule has 4 heterocycles.